The number of halogens is 1. The zero-order valence-electron chi connectivity index (χ0n) is 9.67. The summed E-state index contributed by atoms with van der Waals surface area (Å²) in [6, 6.07) is 6.61. The molecule has 1 atom stereocenters. The van der Waals surface area contributed by atoms with E-state index in [1.54, 1.807) is 0 Å². The van der Waals surface area contributed by atoms with Crippen LogP contribution < -0.4 is 5.30 Å². The largest absolute Gasteiger partial charge is 0.358 e. The van der Waals surface area contributed by atoms with Crippen LogP contribution in [0, 0.1) is 13.8 Å². The van der Waals surface area contributed by atoms with Crippen molar-refractivity contribution in [3.63, 3.8) is 0 Å². The third-order valence-electron chi connectivity index (χ3n) is 2.01. The molecule has 0 fully saturated rings. The smallest absolute Gasteiger partial charge is 0.0509 e. The van der Waals surface area contributed by atoms with Gasteiger partial charge in [-0.2, -0.15) is 0 Å². The molecule has 1 aromatic rings. The molecule has 0 aromatic heterocycles. The Bertz CT molecular complexity index is 269. The number of hydrogen-bond donors (Lipinski definition) is 0. The number of rotatable bonds is 5. The molecule has 1 rings (SSSR count). The second-order valence-electron chi connectivity index (χ2n) is 3.68. The summed E-state index contributed by atoms with van der Waals surface area (Å²) in [5.41, 5.74) is 2.65. The fourth-order valence-electron chi connectivity index (χ4n) is 1.38. The van der Waals surface area contributed by atoms with Crippen LogP contribution in [0.4, 0.5) is 0 Å². The predicted molar refractivity (Wildman–Crippen MR) is 72.0 cm³/mol. The maximum absolute atomic E-state index is 5.60. The molecule has 0 aliphatic heterocycles. The molecular weight excluding hydrogens is 227 g/mol. The fraction of sp³-hybridized carbons (Fsp3) is 0.500. The normalized spacial score (nSPS) is 10.6. The van der Waals surface area contributed by atoms with Crippen LogP contribution in [0.25, 0.3) is 0 Å². The lowest BCUT2D eigenvalue weighted by molar-refractivity contribution is 0.356. The minimum absolute atomic E-state index is 0. The third-order valence-corrected chi connectivity index (χ3v) is 2.88. The molecule has 0 bridgehead atoms. The molecule has 0 N–H and O–H groups in total. The molecule has 0 amide bonds. The van der Waals surface area contributed by atoms with Gasteiger partial charge < -0.3 is 4.52 Å². The highest BCUT2D eigenvalue weighted by molar-refractivity contribution is 7.41. The molecule has 1 nitrogen and oxygen atoms in total. The van der Waals surface area contributed by atoms with E-state index in [-0.39, 0.29) is 12.4 Å². The van der Waals surface area contributed by atoms with Crippen molar-refractivity contribution in [3.05, 3.63) is 29.3 Å². The zero-order chi connectivity index (χ0) is 10.4. The Hall–Kier alpha value is -0.100. The van der Waals surface area contributed by atoms with Gasteiger partial charge in [0, 0.05) is 8.81 Å². The summed E-state index contributed by atoms with van der Waals surface area (Å²) < 4.78 is 5.60. The standard InChI is InChI=1S/C12H19OP.ClH/c1-4-5-6-13-14-12-8-10(2)7-11(3)9-12;/h7-9,14H,4-6H2,1-3H3;1H. The molecule has 86 valence electrons. The first-order valence-electron chi connectivity index (χ1n) is 5.18. The summed E-state index contributed by atoms with van der Waals surface area (Å²) in [6.45, 7) is 7.34. The summed E-state index contributed by atoms with van der Waals surface area (Å²) in [5, 5.41) is 1.32. The van der Waals surface area contributed by atoms with Gasteiger partial charge in [0.1, 0.15) is 0 Å². The van der Waals surface area contributed by atoms with Crippen molar-refractivity contribution in [2.45, 2.75) is 33.6 Å². The van der Waals surface area contributed by atoms with Crippen LogP contribution in [0.2, 0.25) is 0 Å². The highest BCUT2D eigenvalue weighted by Crippen LogP contribution is 2.15. The van der Waals surface area contributed by atoms with Gasteiger partial charge in [0.2, 0.25) is 0 Å². The van der Waals surface area contributed by atoms with E-state index in [1.807, 2.05) is 0 Å². The average molecular weight is 247 g/mol. The van der Waals surface area contributed by atoms with Crippen LogP contribution in [-0.4, -0.2) is 6.61 Å². The first kappa shape index (κ1) is 14.9. The summed E-state index contributed by atoms with van der Waals surface area (Å²) in [5.74, 6) is 0. The van der Waals surface area contributed by atoms with Gasteiger partial charge in [0.05, 0.1) is 6.61 Å². The monoisotopic (exact) mass is 246 g/mol. The number of benzene rings is 1. The van der Waals surface area contributed by atoms with E-state index in [9.17, 15) is 0 Å². The number of unbranched alkanes of at least 4 members (excludes halogenated alkanes) is 1. The Morgan fingerprint density at radius 1 is 1.13 bits per heavy atom. The van der Waals surface area contributed by atoms with Gasteiger partial charge in [-0.25, -0.2) is 0 Å². The fourth-order valence-corrected chi connectivity index (χ4v) is 2.37. The van der Waals surface area contributed by atoms with Crippen molar-refractivity contribution >= 4 is 26.5 Å². The van der Waals surface area contributed by atoms with Crippen LogP contribution in [0.1, 0.15) is 30.9 Å². The second-order valence-corrected chi connectivity index (χ2v) is 4.75. The lowest BCUT2D eigenvalue weighted by atomic mass is 10.2. The van der Waals surface area contributed by atoms with E-state index >= 15 is 0 Å². The van der Waals surface area contributed by atoms with E-state index in [2.05, 4.69) is 39.0 Å². The Kier molecular flexibility index (Phi) is 8.04. The maximum Gasteiger partial charge on any atom is 0.0509 e. The summed E-state index contributed by atoms with van der Waals surface area (Å²) in [7, 11) is 0.507. The molecule has 0 aliphatic carbocycles. The molecular formula is C12H20ClOP. The quantitative estimate of drug-likeness (QED) is 0.568. The SMILES string of the molecule is CCCCOPc1cc(C)cc(C)c1.Cl. The van der Waals surface area contributed by atoms with Crippen LogP contribution in [-0.2, 0) is 4.52 Å². The lowest BCUT2D eigenvalue weighted by Crippen LogP contribution is -1.98. The molecule has 3 heteroatoms. The van der Waals surface area contributed by atoms with Crippen LogP contribution >= 0.6 is 21.2 Å². The molecule has 0 heterocycles. The minimum Gasteiger partial charge on any atom is -0.358 e. The maximum atomic E-state index is 5.60. The van der Waals surface area contributed by atoms with Gasteiger partial charge in [-0.3, -0.25) is 0 Å². The Morgan fingerprint density at radius 3 is 2.27 bits per heavy atom. The van der Waals surface area contributed by atoms with Crippen molar-refractivity contribution in [1.29, 1.82) is 0 Å². The molecule has 1 unspecified atom stereocenters. The van der Waals surface area contributed by atoms with E-state index in [0.717, 1.165) is 13.0 Å². The topological polar surface area (TPSA) is 9.23 Å². The summed E-state index contributed by atoms with van der Waals surface area (Å²) in [6.07, 6.45) is 2.37. The van der Waals surface area contributed by atoms with Crippen LogP contribution in [0.3, 0.4) is 0 Å². The number of aryl methyl sites for hydroxylation is 2. The van der Waals surface area contributed by atoms with Gasteiger partial charge in [0.25, 0.3) is 0 Å². The van der Waals surface area contributed by atoms with E-state index < -0.39 is 0 Å². The van der Waals surface area contributed by atoms with Crippen molar-refractivity contribution in [2.24, 2.45) is 0 Å². The molecule has 0 saturated heterocycles. The van der Waals surface area contributed by atoms with Crippen molar-refractivity contribution in [3.8, 4) is 0 Å². The first-order valence-corrected chi connectivity index (χ1v) is 6.09. The molecule has 0 aliphatic rings. The van der Waals surface area contributed by atoms with E-state index in [4.69, 9.17) is 4.52 Å². The van der Waals surface area contributed by atoms with Crippen molar-refractivity contribution < 1.29 is 4.52 Å². The first-order chi connectivity index (χ1) is 6.72. The van der Waals surface area contributed by atoms with Gasteiger partial charge in [-0.05, 0) is 37.7 Å². The van der Waals surface area contributed by atoms with Crippen LogP contribution in [0.5, 0.6) is 0 Å². The summed E-state index contributed by atoms with van der Waals surface area (Å²) >= 11 is 0. The van der Waals surface area contributed by atoms with Gasteiger partial charge in [-0.1, -0.05) is 30.5 Å². The number of hydrogen-bond acceptors (Lipinski definition) is 1. The Labute approximate surface area is 101 Å². The second kappa shape index (κ2) is 8.10. The zero-order valence-corrected chi connectivity index (χ0v) is 11.5. The Morgan fingerprint density at radius 2 is 1.73 bits per heavy atom. The molecule has 0 spiro atoms. The van der Waals surface area contributed by atoms with Crippen molar-refractivity contribution in [2.75, 3.05) is 6.61 Å². The third kappa shape index (κ3) is 6.14. The minimum atomic E-state index is 0. The van der Waals surface area contributed by atoms with Gasteiger partial charge in [0.15, 0.2) is 0 Å². The summed E-state index contributed by atoms with van der Waals surface area (Å²) in [4.78, 5) is 0. The lowest BCUT2D eigenvalue weighted by Gasteiger charge is -2.05. The van der Waals surface area contributed by atoms with E-state index in [0.29, 0.717) is 8.81 Å². The van der Waals surface area contributed by atoms with Gasteiger partial charge in [-0.15, -0.1) is 12.4 Å². The highest BCUT2D eigenvalue weighted by Gasteiger charge is 1.96. The Balaban J connectivity index is 0.00000196. The predicted octanol–water partition coefficient (Wildman–Crippen LogP) is 3.76. The molecule has 0 saturated carbocycles. The highest BCUT2D eigenvalue weighted by atomic mass is 35.5. The van der Waals surface area contributed by atoms with E-state index in [1.165, 1.54) is 22.9 Å². The van der Waals surface area contributed by atoms with Gasteiger partial charge >= 0.3 is 0 Å². The molecule has 0 radical (unpaired) electrons. The van der Waals surface area contributed by atoms with Crippen LogP contribution in [0.15, 0.2) is 18.2 Å². The molecule has 1 aromatic carbocycles. The average Bonchev–Trinajstić information content (AvgIpc) is 2.11. The molecule has 15 heavy (non-hydrogen) atoms. The van der Waals surface area contributed by atoms with Crippen molar-refractivity contribution in [1.82, 2.24) is 0 Å².